The number of nitrogens with one attached hydrogen (secondary N) is 1. The summed E-state index contributed by atoms with van der Waals surface area (Å²) < 4.78 is 4.74. The third-order valence-electron chi connectivity index (χ3n) is 2.73. The van der Waals surface area contributed by atoms with Gasteiger partial charge in [0.25, 0.3) is 5.91 Å². The first-order valence-electron chi connectivity index (χ1n) is 6.05. The molecule has 1 aliphatic heterocycles. The number of rotatable bonds is 4. The standard InChI is InChI=1S/C13H16N2O3/c1-2-4-10-5-3-6-11(9-10)12(16)14-15-7-8-18-13(15)17/h3,5-6,9H,2,4,7-8H2,1H3,(H,14,16). The molecule has 1 aromatic rings. The fourth-order valence-corrected chi connectivity index (χ4v) is 1.84. The zero-order valence-electron chi connectivity index (χ0n) is 10.3. The van der Waals surface area contributed by atoms with Crippen LogP contribution in [0.4, 0.5) is 4.79 Å². The second kappa shape index (κ2) is 5.53. The molecule has 1 fully saturated rings. The van der Waals surface area contributed by atoms with Crippen molar-refractivity contribution in [1.82, 2.24) is 10.4 Å². The quantitative estimate of drug-likeness (QED) is 0.882. The molecule has 0 unspecified atom stereocenters. The molecule has 0 aliphatic carbocycles. The maximum atomic E-state index is 11.9. The van der Waals surface area contributed by atoms with E-state index in [1.165, 1.54) is 5.01 Å². The molecule has 2 amide bonds. The molecule has 2 rings (SSSR count). The highest BCUT2D eigenvalue weighted by Crippen LogP contribution is 2.08. The number of amides is 2. The molecule has 1 aromatic carbocycles. The van der Waals surface area contributed by atoms with E-state index in [4.69, 9.17) is 4.74 Å². The van der Waals surface area contributed by atoms with Crippen LogP contribution in [-0.4, -0.2) is 30.2 Å². The van der Waals surface area contributed by atoms with Gasteiger partial charge >= 0.3 is 6.09 Å². The van der Waals surface area contributed by atoms with E-state index < -0.39 is 6.09 Å². The average Bonchev–Trinajstić information content (AvgIpc) is 2.76. The van der Waals surface area contributed by atoms with Crippen LogP contribution in [-0.2, 0) is 11.2 Å². The predicted octanol–water partition coefficient (Wildman–Crippen LogP) is 1.74. The summed E-state index contributed by atoms with van der Waals surface area (Å²) in [5.41, 5.74) is 4.21. The van der Waals surface area contributed by atoms with Crippen molar-refractivity contribution in [1.29, 1.82) is 0 Å². The first-order valence-corrected chi connectivity index (χ1v) is 6.05. The van der Waals surface area contributed by atoms with Crippen LogP contribution < -0.4 is 5.43 Å². The number of carbonyl (C=O) groups excluding carboxylic acids is 2. The Kier molecular flexibility index (Phi) is 3.82. The zero-order chi connectivity index (χ0) is 13.0. The van der Waals surface area contributed by atoms with Crippen molar-refractivity contribution in [2.45, 2.75) is 19.8 Å². The van der Waals surface area contributed by atoms with E-state index in [9.17, 15) is 9.59 Å². The lowest BCUT2D eigenvalue weighted by atomic mass is 10.1. The molecule has 1 N–H and O–H groups in total. The van der Waals surface area contributed by atoms with Crippen molar-refractivity contribution in [2.75, 3.05) is 13.2 Å². The summed E-state index contributed by atoms with van der Waals surface area (Å²) in [4.78, 5) is 23.1. The number of hydrogen-bond donors (Lipinski definition) is 1. The maximum absolute atomic E-state index is 11.9. The summed E-state index contributed by atoms with van der Waals surface area (Å²) in [5, 5.41) is 1.19. The summed E-state index contributed by atoms with van der Waals surface area (Å²) in [6.07, 6.45) is 1.46. The molecule has 0 spiro atoms. The van der Waals surface area contributed by atoms with Crippen LogP contribution in [0.3, 0.4) is 0 Å². The minimum atomic E-state index is -0.506. The normalized spacial score (nSPS) is 14.5. The Labute approximate surface area is 106 Å². The van der Waals surface area contributed by atoms with Gasteiger partial charge in [0.05, 0.1) is 6.54 Å². The van der Waals surface area contributed by atoms with Gasteiger partial charge in [-0.05, 0) is 24.1 Å². The lowest BCUT2D eigenvalue weighted by molar-refractivity contribution is 0.0831. The molecule has 0 radical (unpaired) electrons. The van der Waals surface area contributed by atoms with Crippen LogP contribution in [0.2, 0.25) is 0 Å². The third kappa shape index (κ3) is 2.80. The van der Waals surface area contributed by atoms with Gasteiger partial charge in [0.1, 0.15) is 6.61 Å². The number of aryl methyl sites for hydroxylation is 1. The van der Waals surface area contributed by atoms with Crippen molar-refractivity contribution < 1.29 is 14.3 Å². The molecule has 1 aliphatic rings. The number of hydrogen-bond acceptors (Lipinski definition) is 3. The van der Waals surface area contributed by atoms with Crippen LogP contribution in [0.5, 0.6) is 0 Å². The summed E-state index contributed by atoms with van der Waals surface area (Å²) in [5.74, 6) is -0.285. The summed E-state index contributed by atoms with van der Waals surface area (Å²) in [7, 11) is 0. The fourth-order valence-electron chi connectivity index (χ4n) is 1.84. The van der Waals surface area contributed by atoms with E-state index >= 15 is 0 Å². The zero-order valence-corrected chi connectivity index (χ0v) is 10.3. The number of ether oxygens (including phenoxy) is 1. The van der Waals surface area contributed by atoms with E-state index in [2.05, 4.69) is 12.3 Å². The SMILES string of the molecule is CCCc1cccc(C(=O)NN2CCOC2=O)c1. The molecule has 0 bridgehead atoms. The van der Waals surface area contributed by atoms with E-state index in [1.54, 1.807) is 6.07 Å². The van der Waals surface area contributed by atoms with Gasteiger partial charge in [-0.1, -0.05) is 25.5 Å². The number of cyclic esters (lactones) is 1. The Balaban J connectivity index is 2.04. The fraction of sp³-hybridized carbons (Fsp3) is 0.385. The van der Waals surface area contributed by atoms with E-state index in [1.807, 2.05) is 18.2 Å². The molecular formula is C13H16N2O3. The van der Waals surface area contributed by atoms with Crippen LogP contribution in [0, 0.1) is 0 Å². The van der Waals surface area contributed by atoms with Gasteiger partial charge in [-0.3, -0.25) is 10.2 Å². The van der Waals surface area contributed by atoms with Gasteiger partial charge in [0.15, 0.2) is 0 Å². The Morgan fingerprint density at radius 1 is 1.50 bits per heavy atom. The van der Waals surface area contributed by atoms with Crippen LogP contribution >= 0.6 is 0 Å². The van der Waals surface area contributed by atoms with Crippen molar-refractivity contribution in [3.8, 4) is 0 Å². The Morgan fingerprint density at radius 2 is 2.33 bits per heavy atom. The Bertz CT molecular complexity index is 459. The number of carbonyl (C=O) groups is 2. The molecule has 96 valence electrons. The maximum Gasteiger partial charge on any atom is 0.428 e. The van der Waals surface area contributed by atoms with Crippen molar-refractivity contribution >= 4 is 12.0 Å². The predicted molar refractivity (Wildman–Crippen MR) is 66.0 cm³/mol. The third-order valence-corrected chi connectivity index (χ3v) is 2.73. The second-order valence-corrected chi connectivity index (χ2v) is 4.16. The molecule has 0 aromatic heterocycles. The van der Waals surface area contributed by atoms with Crippen molar-refractivity contribution in [2.24, 2.45) is 0 Å². The van der Waals surface area contributed by atoms with Gasteiger partial charge in [-0.2, -0.15) is 0 Å². The summed E-state index contributed by atoms with van der Waals surface area (Å²) in [6, 6.07) is 7.42. The highest BCUT2D eigenvalue weighted by molar-refractivity contribution is 5.95. The largest absolute Gasteiger partial charge is 0.446 e. The van der Waals surface area contributed by atoms with Gasteiger partial charge < -0.3 is 4.74 Å². The highest BCUT2D eigenvalue weighted by atomic mass is 16.6. The molecule has 0 atom stereocenters. The molecule has 5 nitrogen and oxygen atoms in total. The second-order valence-electron chi connectivity index (χ2n) is 4.16. The molecule has 0 saturated carbocycles. The lowest BCUT2D eigenvalue weighted by Gasteiger charge is -2.14. The van der Waals surface area contributed by atoms with Crippen LogP contribution in [0.25, 0.3) is 0 Å². The molecule has 5 heteroatoms. The van der Waals surface area contributed by atoms with Crippen LogP contribution in [0.1, 0.15) is 29.3 Å². The Hall–Kier alpha value is -2.04. The summed E-state index contributed by atoms with van der Waals surface area (Å²) >= 11 is 0. The van der Waals surface area contributed by atoms with Gasteiger partial charge in [-0.15, -0.1) is 0 Å². The smallest absolute Gasteiger partial charge is 0.428 e. The van der Waals surface area contributed by atoms with Crippen LogP contribution in [0.15, 0.2) is 24.3 Å². The molecular weight excluding hydrogens is 232 g/mol. The number of nitrogens with zero attached hydrogens (tertiary/aromatic N) is 1. The van der Waals surface area contributed by atoms with E-state index in [0.717, 1.165) is 18.4 Å². The summed E-state index contributed by atoms with van der Waals surface area (Å²) in [6.45, 7) is 2.79. The first-order chi connectivity index (χ1) is 8.70. The topological polar surface area (TPSA) is 58.6 Å². The first kappa shape index (κ1) is 12.4. The minimum absolute atomic E-state index is 0.285. The monoisotopic (exact) mass is 248 g/mol. The lowest BCUT2D eigenvalue weighted by Crippen LogP contribution is -2.42. The van der Waals surface area contributed by atoms with E-state index in [0.29, 0.717) is 18.7 Å². The van der Waals surface area contributed by atoms with Gasteiger partial charge in [0.2, 0.25) is 0 Å². The molecule has 1 saturated heterocycles. The Morgan fingerprint density at radius 3 is 3.00 bits per heavy atom. The number of benzene rings is 1. The minimum Gasteiger partial charge on any atom is -0.446 e. The number of hydrazine groups is 1. The van der Waals surface area contributed by atoms with E-state index in [-0.39, 0.29) is 5.91 Å². The molecule has 1 heterocycles. The van der Waals surface area contributed by atoms with Gasteiger partial charge in [0, 0.05) is 5.56 Å². The average molecular weight is 248 g/mol. The van der Waals surface area contributed by atoms with Crippen molar-refractivity contribution in [3.63, 3.8) is 0 Å². The molecule has 18 heavy (non-hydrogen) atoms. The van der Waals surface area contributed by atoms with Gasteiger partial charge in [-0.25, -0.2) is 9.80 Å². The highest BCUT2D eigenvalue weighted by Gasteiger charge is 2.24. The van der Waals surface area contributed by atoms with Crippen molar-refractivity contribution in [3.05, 3.63) is 35.4 Å².